The van der Waals surface area contributed by atoms with Crippen LogP contribution in [0.2, 0.25) is 0 Å². The summed E-state index contributed by atoms with van der Waals surface area (Å²) in [4.78, 5) is 29.9. The SMILES string of the molecule is Cc1ccc(C(N)=O)c(N2CCC(Oc3ccccc3)(C(=O)O)CC2)n1. The zero-order valence-corrected chi connectivity index (χ0v) is 14.5. The van der Waals surface area contributed by atoms with E-state index in [1.165, 1.54) is 0 Å². The zero-order valence-electron chi connectivity index (χ0n) is 14.5. The minimum atomic E-state index is -1.30. The predicted molar refractivity (Wildman–Crippen MR) is 96.4 cm³/mol. The number of carboxylic acid groups (broad SMARTS) is 1. The molecule has 0 bridgehead atoms. The van der Waals surface area contributed by atoms with Gasteiger partial charge in [-0.25, -0.2) is 9.78 Å². The molecular weight excluding hydrogens is 334 g/mol. The van der Waals surface area contributed by atoms with Gasteiger partial charge in [0.15, 0.2) is 0 Å². The first kappa shape index (κ1) is 17.7. The molecule has 1 aromatic carbocycles. The number of carbonyl (C=O) groups is 2. The van der Waals surface area contributed by atoms with Crippen LogP contribution >= 0.6 is 0 Å². The quantitative estimate of drug-likeness (QED) is 0.850. The average molecular weight is 355 g/mol. The third-order valence-corrected chi connectivity index (χ3v) is 4.60. The molecule has 2 heterocycles. The molecule has 0 aliphatic carbocycles. The van der Waals surface area contributed by atoms with Crippen molar-refractivity contribution >= 4 is 17.7 Å². The van der Waals surface area contributed by atoms with Crippen molar-refractivity contribution in [2.24, 2.45) is 5.73 Å². The standard InChI is InChI=1S/C19H21N3O4/c1-13-7-8-15(16(20)23)17(21-13)22-11-9-19(10-12-22,18(24)25)26-14-5-3-2-4-6-14/h2-8H,9-12H2,1H3,(H2,20,23)(H,24,25). The Labute approximate surface area is 151 Å². The number of benzene rings is 1. The van der Waals surface area contributed by atoms with Crippen molar-refractivity contribution in [3.8, 4) is 5.75 Å². The molecule has 3 N–H and O–H groups in total. The summed E-state index contributed by atoms with van der Waals surface area (Å²) in [7, 11) is 0. The molecule has 7 heteroatoms. The van der Waals surface area contributed by atoms with E-state index in [1.807, 2.05) is 17.9 Å². The topological polar surface area (TPSA) is 106 Å². The lowest BCUT2D eigenvalue weighted by molar-refractivity contribution is -0.157. The molecule has 1 saturated heterocycles. The van der Waals surface area contributed by atoms with Gasteiger partial charge in [0, 0.05) is 31.6 Å². The summed E-state index contributed by atoms with van der Waals surface area (Å²) in [6, 6.07) is 12.3. The molecule has 1 aromatic heterocycles. The van der Waals surface area contributed by atoms with Gasteiger partial charge in [-0.2, -0.15) is 0 Å². The number of aryl methyl sites for hydroxylation is 1. The number of anilines is 1. The van der Waals surface area contributed by atoms with Gasteiger partial charge in [0.1, 0.15) is 11.6 Å². The summed E-state index contributed by atoms with van der Waals surface area (Å²) >= 11 is 0. The van der Waals surface area contributed by atoms with Crippen LogP contribution in [0.5, 0.6) is 5.75 Å². The highest BCUT2D eigenvalue weighted by molar-refractivity contribution is 5.97. The van der Waals surface area contributed by atoms with Crippen LogP contribution in [0.4, 0.5) is 5.82 Å². The maximum Gasteiger partial charge on any atom is 0.348 e. The normalized spacial score (nSPS) is 16.1. The first-order chi connectivity index (χ1) is 12.4. The van der Waals surface area contributed by atoms with Crippen molar-refractivity contribution < 1.29 is 19.4 Å². The molecule has 0 radical (unpaired) electrons. The molecule has 1 fully saturated rings. The number of hydrogen-bond donors (Lipinski definition) is 2. The first-order valence-corrected chi connectivity index (χ1v) is 8.41. The molecule has 7 nitrogen and oxygen atoms in total. The fourth-order valence-electron chi connectivity index (χ4n) is 3.13. The van der Waals surface area contributed by atoms with Crippen LogP contribution in [0.3, 0.4) is 0 Å². The zero-order chi connectivity index (χ0) is 18.7. The lowest BCUT2D eigenvalue weighted by Crippen LogP contribution is -2.53. The summed E-state index contributed by atoms with van der Waals surface area (Å²) < 4.78 is 5.85. The summed E-state index contributed by atoms with van der Waals surface area (Å²) in [5, 5.41) is 9.76. The summed E-state index contributed by atoms with van der Waals surface area (Å²) in [5.41, 5.74) is 5.25. The van der Waals surface area contributed by atoms with Crippen LogP contribution in [-0.4, -0.2) is 40.7 Å². The van der Waals surface area contributed by atoms with Crippen molar-refractivity contribution in [1.82, 2.24) is 4.98 Å². The molecule has 0 unspecified atom stereocenters. The number of rotatable bonds is 5. The lowest BCUT2D eigenvalue weighted by atomic mass is 9.90. The van der Waals surface area contributed by atoms with Gasteiger partial charge in [-0.1, -0.05) is 18.2 Å². The molecule has 26 heavy (non-hydrogen) atoms. The smallest absolute Gasteiger partial charge is 0.348 e. The Morgan fingerprint density at radius 2 is 1.81 bits per heavy atom. The minimum Gasteiger partial charge on any atom is -0.478 e. The number of aliphatic carboxylic acids is 1. The maximum absolute atomic E-state index is 11.9. The summed E-state index contributed by atoms with van der Waals surface area (Å²) in [5.74, 6) is -0.525. The Hall–Kier alpha value is -3.09. The van der Waals surface area contributed by atoms with Gasteiger partial charge < -0.3 is 20.5 Å². The highest BCUT2D eigenvalue weighted by Crippen LogP contribution is 2.32. The van der Waals surface area contributed by atoms with Gasteiger partial charge in [-0.05, 0) is 31.2 Å². The second kappa shape index (κ2) is 7.03. The van der Waals surface area contributed by atoms with E-state index in [1.54, 1.807) is 36.4 Å². The number of nitrogens with zero attached hydrogens (tertiary/aromatic N) is 2. The monoisotopic (exact) mass is 355 g/mol. The number of nitrogens with two attached hydrogens (primary N) is 1. The third-order valence-electron chi connectivity index (χ3n) is 4.60. The molecule has 3 rings (SSSR count). The fraction of sp³-hybridized carbons (Fsp3) is 0.316. The van der Waals surface area contributed by atoms with E-state index < -0.39 is 17.5 Å². The number of para-hydroxylation sites is 1. The maximum atomic E-state index is 11.9. The molecule has 136 valence electrons. The molecule has 0 spiro atoms. The van der Waals surface area contributed by atoms with Crippen molar-refractivity contribution in [1.29, 1.82) is 0 Å². The van der Waals surface area contributed by atoms with Crippen LogP contribution in [0, 0.1) is 6.92 Å². The summed E-state index contributed by atoms with van der Waals surface area (Å²) in [6.45, 7) is 2.63. The molecule has 0 atom stereocenters. The molecular formula is C19H21N3O4. The van der Waals surface area contributed by atoms with E-state index in [-0.39, 0.29) is 12.8 Å². The number of amides is 1. The van der Waals surface area contributed by atoms with Gasteiger partial charge >= 0.3 is 5.97 Å². The molecule has 1 aliphatic rings. The number of carboxylic acids is 1. The Kier molecular flexibility index (Phi) is 4.79. The molecule has 1 amide bonds. The first-order valence-electron chi connectivity index (χ1n) is 8.41. The Morgan fingerprint density at radius 1 is 1.15 bits per heavy atom. The van der Waals surface area contributed by atoms with Crippen molar-refractivity contribution in [3.05, 3.63) is 53.7 Å². The third kappa shape index (κ3) is 3.46. The molecule has 0 saturated carbocycles. The van der Waals surface area contributed by atoms with Crippen LogP contribution in [0.15, 0.2) is 42.5 Å². The highest BCUT2D eigenvalue weighted by Gasteiger charge is 2.44. The lowest BCUT2D eigenvalue weighted by Gasteiger charge is -2.39. The molecule has 2 aromatic rings. The van der Waals surface area contributed by atoms with Crippen LogP contribution in [0.25, 0.3) is 0 Å². The summed E-state index contributed by atoms with van der Waals surface area (Å²) in [6.07, 6.45) is 0.538. The number of piperidine rings is 1. The Bertz CT molecular complexity index is 815. The van der Waals surface area contributed by atoms with Crippen LogP contribution in [-0.2, 0) is 4.79 Å². The van der Waals surface area contributed by atoms with Gasteiger partial charge in [0.25, 0.3) is 5.91 Å². The number of carbonyl (C=O) groups excluding carboxylic acids is 1. The van der Waals surface area contributed by atoms with Gasteiger partial charge in [0.05, 0.1) is 5.56 Å². The van der Waals surface area contributed by atoms with Crippen molar-refractivity contribution in [2.75, 3.05) is 18.0 Å². The average Bonchev–Trinajstić information content (AvgIpc) is 2.62. The van der Waals surface area contributed by atoms with Gasteiger partial charge in [-0.3, -0.25) is 4.79 Å². The van der Waals surface area contributed by atoms with E-state index in [4.69, 9.17) is 10.5 Å². The van der Waals surface area contributed by atoms with Gasteiger partial charge in [-0.15, -0.1) is 0 Å². The number of ether oxygens (including phenoxy) is 1. The van der Waals surface area contributed by atoms with E-state index in [0.29, 0.717) is 30.2 Å². The number of pyridine rings is 1. The van der Waals surface area contributed by atoms with E-state index in [0.717, 1.165) is 5.69 Å². The van der Waals surface area contributed by atoms with E-state index >= 15 is 0 Å². The van der Waals surface area contributed by atoms with E-state index in [2.05, 4.69) is 4.98 Å². The number of aromatic nitrogens is 1. The van der Waals surface area contributed by atoms with Crippen LogP contribution < -0.4 is 15.4 Å². The van der Waals surface area contributed by atoms with Crippen molar-refractivity contribution in [3.63, 3.8) is 0 Å². The Morgan fingerprint density at radius 3 is 2.38 bits per heavy atom. The second-order valence-corrected chi connectivity index (χ2v) is 6.39. The highest BCUT2D eigenvalue weighted by atomic mass is 16.5. The number of primary amides is 1. The minimum absolute atomic E-state index is 0.269. The Balaban J connectivity index is 1.82. The van der Waals surface area contributed by atoms with Gasteiger partial charge in [0.2, 0.25) is 5.60 Å². The van der Waals surface area contributed by atoms with Crippen LogP contribution in [0.1, 0.15) is 28.9 Å². The molecule has 1 aliphatic heterocycles. The van der Waals surface area contributed by atoms with Crippen molar-refractivity contribution in [2.45, 2.75) is 25.4 Å². The predicted octanol–water partition coefficient (Wildman–Crippen LogP) is 1.99. The largest absolute Gasteiger partial charge is 0.478 e. The fourth-order valence-corrected chi connectivity index (χ4v) is 3.13. The number of hydrogen-bond acceptors (Lipinski definition) is 5. The second-order valence-electron chi connectivity index (χ2n) is 6.39. The van der Waals surface area contributed by atoms with E-state index in [9.17, 15) is 14.7 Å².